The van der Waals surface area contributed by atoms with Gasteiger partial charge in [-0.1, -0.05) is 26.0 Å². The highest BCUT2D eigenvalue weighted by Crippen LogP contribution is 2.49. The maximum absolute atomic E-state index is 12.8. The van der Waals surface area contributed by atoms with E-state index in [4.69, 9.17) is 10.5 Å². The second kappa shape index (κ2) is 7.60. The Labute approximate surface area is 143 Å². The molecule has 1 aliphatic carbocycles. The fourth-order valence-corrected chi connectivity index (χ4v) is 2.95. The predicted molar refractivity (Wildman–Crippen MR) is 91.1 cm³/mol. The summed E-state index contributed by atoms with van der Waals surface area (Å²) in [6.45, 7) is 6.98. The van der Waals surface area contributed by atoms with Crippen molar-refractivity contribution in [1.82, 2.24) is 5.32 Å². The number of hydrogen-bond acceptors (Lipinski definition) is 3. The molecule has 2 atom stereocenters. The zero-order valence-electron chi connectivity index (χ0n) is 13.9. The molecule has 1 saturated carbocycles. The summed E-state index contributed by atoms with van der Waals surface area (Å²) in [6, 6.07) is 6.28. The van der Waals surface area contributed by atoms with Crippen LogP contribution >= 0.6 is 12.4 Å². The molecule has 1 aromatic carbocycles. The van der Waals surface area contributed by atoms with E-state index >= 15 is 0 Å². The first-order valence-corrected chi connectivity index (χ1v) is 7.74. The van der Waals surface area contributed by atoms with Gasteiger partial charge in [0, 0.05) is 25.0 Å². The summed E-state index contributed by atoms with van der Waals surface area (Å²) in [5.41, 5.74) is 6.00. The molecule has 0 bridgehead atoms. The Kier molecular flexibility index (Phi) is 6.57. The third kappa shape index (κ3) is 3.84. The van der Waals surface area contributed by atoms with Crippen LogP contribution in [-0.2, 0) is 16.0 Å². The number of ether oxygens (including phenoxy) is 1. The molecule has 0 aromatic heterocycles. The molecule has 0 aliphatic heterocycles. The number of nitrogens with one attached hydrogen (secondary N) is 1. The van der Waals surface area contributed by atoms with E-state index in [0.29, 0.717) is 26.0 Å². The van der Waals surface area contributed by atoms with Crippen LogP contribution in [0.2, 0.25) is 0 Å². The molecule has 3 N–H and O–H groups in total. The number of amides is 1. The molecule has 4 nitrogen and oxygen atoms in total. The van der Waals surface area contributed by atoms with Crippen molar-refractivity contribution >= 4 is 18.3 Å². The molecular weight excluding hydrogens is 319 g/mol. The number of benzene rings is 1. The predicted octanol–water partition coefficient (Wildman–Crippen LogP) is 2.44. The van der Waals surface area contributed by atoms with Crippen LogP contribution in [-0.4, -0.2) is 30.7 Å². The van der Waals surface area contributed by atoms with Crippen molar-refractivity contribution in [2.24, 2.45) is 11.1 Å². The topological polar surface area (TPSA) is 64.3 Å². The summed E-state index contributed by atoms with van der Waals surface area (Å²) in [7, 11) is 0. The lowest BCUT2D eigenvalue weighted by atomic mass is 9.54. The highest BCUT2D eigenvalue weighted by molar-refractivity contribution is 5.88. The maximum atomic E-state index is 12.8. The normalized spacial score (nSPS) is 25.2. The van der Waals surface area contributed by atoms with Crippen LogP contribution in [0.1, 0.15) is 32.8 Å². The Morgan fingerprint density at radius 3 is 2.52 bits per heavy atom. The number of halogens is 2. The number of nitrogens with two attached hydrogens (primary N) is 1. The van der Waals surface area contributed by atoms with Crippen molar-refractivity contribution in [1.29, 1.82) is 0 Å². The van der Waals surface area contributed by atoms with Gasteiger partial charge in [0.05, 0.1) is 6.10 Å². The largest absolute Gasteiger partial charge is 0.378 e. The summed E-state index contributed by atoms with van der Waals surface area (Å²) in [5.74, 6) is -0.401. The van der Waals surface area contributed by atoms with Crippen LogP contribution in [0.15, 0.2) is 24.3 Å². The van der Waals surface area contributed by atoms with Crippen LogP contribution in [0.4, 0.5) is 4.39 Å². The van der Waals surface area contributed by atoms with E-state index in [2.05, 4.69) is 5.32 Å². The van der Waals surface area contributed by atoms with Crippen molar-refractivity contribution in [2.75, 3.05) is 13.2 Å². The van der Waals surface area contributed by atoms with Gasteiger partial charge in [-0.25, -0.2) is 4.39 Å². The Balaban J connectivity index is 0.00000264. The molecule has 23 heavy (non-hydrogen) atoms. The molecule has 1 aromatic rings. The van der Waals surface area contributed by atoms with Gasteiger partial charge in [-0.2, -0.15) is 0 Å². The van der Waals surface area contributed by atoms with Crippen molar-refractivity contribution in [3.05, 3.63) is 35.6 Å². The van der Waals surface area contributed by atoms with Gasteiger partial charge in [0.2, 0.25) is 5.91 Å². The Hall–Kier alpha value is -1.17. The molecule has 0 heterocycles. The van der Waals surface area contributed by atoms with Crippen molar-refractivity contribution in [3.8, 4) is 0 Å². The minimum atomic E-state index is -0.893. The Morgan fingerprint density at radius 2 is 2.00 bits per heavy atom. The smallest absolute Gasteiger partial charge is 0.240 e. The fraction of sp³-hybridized carbons (Fsp3) is 0.588. The second-order valence-electron chi connectivity index (χ2n) is 6.47. The maximum Gasteiger partial charge on any atom is 0.240 e. The first-order chi connectivity index (χ1) is 10.3. The van der Waals surface area contributed by atoms with E-state index in [1.807, 2.05) is 20.8 Å². The summed E-state index contributed by atoms with van der Waals surface area (Å²) >= 11 is 0. The molecule has 130 valence electrons. The van der Waals surface area contributed by atoms with Gasteiger partial charge >= 0.3 is 0 Å². The van der Waals surface area contributed by atoms with Crippen molar-refractivity contribution in [3.63, 3.8) is 0 Å². The fourth-order valence-electron chi connectivity index (χ4n) is 2.95. The van der Waals surface area contributed by atoms with Crippen LogP contribution in [0.25, 0.3) is 0 Å². The van der Waals surface area contributed by atoms with Crippen molar-refractivity contribution < 1.29 is 13.9 Å². The lowest BCUT2D eigenvalue weighted by Crippen LogP contribution is -2.75. The summed E-state index contributed by atoms with van der Waals surface area (Å²) < 4.78 is 18.5. The number of hydrogen-bond donors (Lipinski definition) is 2. The van der Waals surface area contributed by atoms with Crippen LogP contribution in [0, 0.1) is 11.2 Å². The van der Waals surface area contributed by atoms with E-state index in [9.17, 15) is 9.18 Å². The standard InChI is InChI=1S/C17H25FN2O2.ClH/c1-4-22-14-11-17(19,16(14,2)3)15(21)20-10-9-12-5-7-13(18)8-6-12;/h5-8,14H,4,9-11,19H2,1-3H3,(H,20,21);1H. The summed E-state index contributed by atoms with van der Waals surface area (Å²) in [4.78, 5) is 12.4. The molecule has 0 saturated heterocycles. The summed E-state index contributed by atoms with van der Waals surface area (Å²) in [6.07, 6.45) is 1.21. The average molecular weight is 345 g/mol. The zero-order chi connectivity index (χ0) is 16.4. The van der Waals surface area contributed by atoms with Gasteiger partial charge in [-0.3, -0.25) is 4.79 Å². The van der Waals surface area contributed by atoms with Gasteiger partial charge in [0.25, 0.3) is 0 Å². The number of carbonyl (C=O) groups is 1. The molecule has 6 heteroatoms. The first-order valence-electron chi connectivity index (χ1n) is 7.74. The second-order valence-corrected chi connectivity index (χ2v) is 6.47. The zero-order valence-corrected chi connectivity index (χ0v) is 14.7. The van der Waals surface area contributed by atoms with E-state index < -0.39 is 5.54 Å². The molecule has 1 aliphatic rings. The minimum absolute atomic E-state index is 0. The van der Waals surface area contributed by atoms with Crippen molar-refractivity contribution in [2.45, 2.75) is 45.3 Å². The van der Waals surface area contributed by atoms with Crippen LogP contribution in [0.3, 0.4) is 0 Å². The van der Waals surface area contributed by atoms with Gasteiger partial charge in [-0.15, -0.1) is 12.4 Å². The van der Waals surface area contributed by atoms with E-state index in [0.717, 1.165) is 5.56 Å². The minimum Gasteiger partial charge on any atom is -0.378 e. The number of carbonyl (C=O) groups excluding carboxylic acids is 1. The molecular formula is C17H26ClFN2O2. The van der Waals surface area contributed by atoms with Gasteiger partial charge in [0.1, 0.15) is 11.4 Å². The van der Waals surface area contributed by atoms with Gasteiger partial charge < -0.3 is 15.8 Å². The molecule has 1 fully saturated rings. The first kappa shape index (κ1) is 19.9. The highest BCUT2D eigenvalue weighted by atomic mass is 35.5. The Morgan fingerprint density at radius 1 is 1.39 bits per heavy atom. The Bertz CT molecular complexity index is 536. The number of rotatable bonds is 6. The average Bonchev–Trinajstić information content (AvgIpc) is 2.48. The lowest BCUT2D eigenvalue weighted by molar-refractivity contribution is -0.170. The molecule has 0 radical (unpaired) electrons. The summed E-state index contributed by atoms with van der Waals surface area (Å²) in [5, 5.41) is 2.89. The monoisotopic (exact) mass is 344 g/mol. The third-order valence-electron chi connectivity index (χ3n) is 4.85. The molecule has 2 unspecified atom stereocenters. The lowest BCUT2D eigenvalue weighted by Gasteiger charge is -2.57. The van der Waals surface area contributed by atoms with Crippen LogP contribution in [0.5, 0.6) is 0 Å². The van der Waals surface area contributed by atoms with E-state index in [-0.39, 0.29) is 35.7 Å². The SMILES string of the molecule is CCOC1CC(N)(C(=O)NCCc2ccc(F)cc2)C1(C)C.Cl. The van der Waals surface area contributed by atoms with E-state index in [1.165, 1.54) is 12.1 Å². The van der Waals surface area contributed by atoms with E-state index in [1.54, 1.807) is 12.1 Å². The molecule has 2 rings (SSSR count). The highest BCUT2D eigenvalue weighted by Gasteiger charge is 2.62. The quantitative estimate of drug-likeness (QED) is 0.833. The third-order valence-corrected chi connectivity index (χ3v) is 4.85. The van der Waals surface area contributed by atoms with Gasteiger partial charge in [-0.05, 0) is 31.0 Å². The molecule has 0 spiro atoms. The van der Waals surface area contributed by atoms with Gasteiger partial charge in [0.15, 0.2) is 0 Å². The van der Waals surface area contributed by atoms with Crippen LogP contribution < -0.4 is 11.1 Å². The molecule has 1 amide bonds.